The van der Waals surface area contributed by atoms with Crippen LogP contribution in [0.4, 0.5) is 0 Å². The molecule has 20 heavy (non-hydrogen) atoms. The van der Waals surface area contributed by atoms with Crippen molar-refractivity contribution in [2.45, 2.75) is 18.9 Å². The summed E-state index contributed by atoms with van der Waals surface area (Å²) < 4.78 is 16.9. The third-order valence-corrected chi connectivity index (χ3v) is 3.69. The highest BCUT2D eigenvalue weighted by Gasteiger charge is 2.24. The van der Waals surface area contributed by atoms with E-state index in [2.05, 4.69) is 12.1 Å². The van der Waals surface area contributed by atoms with Crippen LogP contribution in [0.2, 0.25) is 0 Å². The van der Waals surface area contributed by atoms with Crippen LogP contribution < -0.4 is 14.2 Å². The van der Waals surface area contributed by atoms with Crippen LogP contribution in [0.1, 0.15) is 23.7 Å². The summed E-state index contributed by atoms with van der Waals surface area (Å²) in [6.45, 7) is 0. The van der Waals surface area contributed by atoms with Crippen molar-refractivity contribution in [1.29, 1.82) is 0 Å². The first kappa shape index (κ1) is 12.9. The van der Waals surface area contributed by atoms with Gasteiger partial charge < -0.3 is 14.2 Å². The summed E-state index contributed by atoms with van der Waals surface area (Å²) in [5, 5.41) is 0. The quantitative estimate of drug-likeness (QED) is 0.849. The summed E-state index contributed by atoms with van der Waals surface area (Å²) in [6.07, 6.45) is 2.00. The van der Waals surface area contributed by atoms with Gasteiger partial charge in [-0.2, -0.15) is 0 Å². The smallest absolute Gasteiger partial charge is 0.130 e. The van der Waals surface area contributed by atoms with Crippen molar-refractivity contribution < 1.29 is 14.2 Å². The van der Waals surface area contributed by atoms with E-state index in [9.17, 15) is 0 Å². The average molecular weight is 270 g/mol. The predicted octanol–water partition coefficient (Wildman–Crippen LogP) is 3.77. The molecular weight excluding hydrogens is 252 g/mol. The third-order valence-electron chi connectivity index (χ3n) is 3.69. The van der Waals surface area contributed by atoms with Crippen molar-refractivity contribution in [3.8, 4) is 17.2 Å². The van der Waals surface area contributed by atoms with Crippen molar-refractivity contribution in [2.75, 3.05) is 14.2 Å². The lowest BCUT2D eigenvalue weighted by Crippen LogP contribution is -2.15. The highest BCUT2D eigenvalue weighted by molar-refractivity contribution is 5.52. The van der Waals surface area contributed by atoms with Crippen LogP contribution in [0.25, 0.3) is 0 Å². The van der Waals surface area contributed by atoms with E-state index >= 15 is 0 Å². The van der Waals surface area contributed by atoms with Crippen LogP contribution in [-0.2, 0) is 6.42 Å². The minimum Gasteiger partial charge on any atom is -0.496 e. The van der Waals surface area contributed by atoms with Crippen LogP contribution in [-0.4, -0.2) is 14.2 Å². The van der Waals surface area contributed by atoms with Gasteiger partial charge in [0.25, 0.3) is 0 Å². The minimum atomic E-state index is 0.0977. The molecule has 1 aliphatic heterocycles. The molecule has 3 heteroatoms. The van der Waals surface area contributed by atoms with Gasteiger partial charge in [-0.1, -0.05) is 30.3 Å². The SMILES string of the molecule is COc1cc(OC)c2c(c1)OC(c1ccccc1)CC2. The number of hydrogen-bond donors (Lipinski definition) is 0. The molecule has 0 aliphatic carbocycles. The highest BCUT2D eigenvalue weighted by Crippen LogP contribution is 2.42. The molecule has 0 saturated carbocycles. The van der Waals surface area contributed by atoms with E-state index in [1.54, 1.807) is 14.2 Å². The zero-order valence-electron chi connectivity index (χ0n) is 11.8. The minimum absolute atomic E-state index is 0.0977. The van der Waals surface area contributed by atoms with Gasteiger partial charge in [0.1, 0.15) is 23.4 Å². The van der Waals surface area contributed by atoms with Crippen molar-refractivity contribution in [2.24, 2.45) is 0 Å². The Morgan fingerprint density at radius 2 is 1.85 bits per heavy atom. The third kappa shape index (κ3) is 2.31. The largest absolute Gasteiger partial charge is 0.496 e. The van der Waals surface area contributed by atoms with Gasteiger partial charge in [0.05, 0.1) is 14.2 Å². The molecule has 0 spiro atoms. The van der Waals surface area contributed by atoms with Gasteiger partial charge in [-0.15, -0.1) is 0 Å². The molecule has 3 nitrogen and oxygen atoms in total. The van der Waals surface area contributed by atoms with Crippen molar-refractivity contribution >= 4 is 0 Å². The van der Waals surface area contributed by atoms with Crippen molar-refractivity contribution in [3.63, 3.8) is 0 Å². The standard InChI is InChI=1S/C17H18O3/c1-18-13-10-16(19-2)14-8-9-15(20-17(14)11-13)12-6-4-3-5-7-12/h3-7,10-11,15H,8-9H2,1-2H3. The van der Waals surface area contributed by atoms with E-state index in [0.717, 1.165) is 35.7 Å². The fourth-order valence-corrected chi connectivity index (χ4v) is 2.64. The van der Waals surface area contributed by atoms with Gasteiger partial charge in [-0.05, 0) is 18.4 Å². The van der Waals surface area contributed by atoms with Gasteiger partial charge >= 0.3 is 0 Å². The molecule has 3 rings (SSSR count). The molecule has 1 atom stereocenters. The maximum Gasteiger partial charge on any atom is 0.130 e. The van der Waals surface area contributed by atoms with Gasteiger partial charge in [0, 0.05) is 17.7 Å². The molecule has 0 fully saturated rings. The lowest BCUT2D eigenvalue weighted by Gasteiger charge is -2.28. The lowest BCUT2D eigenvalue weighted by atomic mass is 9.96. The van der Waals surface area contributed by atoms with Gasteiger partial charge in [0.2, 0.25) is 0 Å². The molecular formula is C17H18O3. The summed E-state index contributed by atoms with van der Waals surface area (Å²) in [7, 11) is 3.33. The Balaban J connectivity index is 1.94. The monoisotopic (exact) mass is 270 g/mol. The Morgan fingerprint density at radius 3 is 2.55 bits per heavy atom. The Morgan fingerprint density at radius 1 is 1.05 bits per heavy atom. The van der Waals surface area contributed by atoms with Gasteiger partial charge in [-0.3, -0.25) is 0 Å². The van der Waals surface area contributed by atoms with Gasteiger partial charge in [0.15, 0.2) is 0 Å². The first-order valence-corrected chi connectivity index (χ1v) is 6.78. The van der Waals surface area contributed by atoms with E-state index in [1.807, 2.05) is 30.3 Å². The first-order chi connectivity index (χ1) is 9.81. The summed E-state index contributed by atoms with van der Waals surface area (Å²) in [4.78, 5) is 0. The second-order valence-electron chi connectivity index (χ2n) is 4.86. The summed E-state index contributed by atoms with van der Waals surface area (Å²) in [5.74, 6) is 2.46. The summed E-state index contributed by atoms with van der Waals surface area (Å²) >= 11 is 0. The van der Waals surface area contributed by atoms with E-state index in [-0.39, 0.29) is 6.10 Å². The fourth-order valence-electron chi connectivity index (χ4n) is 2.64. The molecule has 1 heterocycles. The number of benzene rings is 2. The fraction of sp³-hybridized carbons (Fsp3) is 0.294. The molecule has 0 bridgehead atoms. The molecule has 0 aromatic heterocycles. The average Bonchev–Trinajstić information content (AvgIpc) is 2.54. The number of ether oxygens (including phenoxy) is 3. The van der Waals surface area contributed by atoms with Crippen LogP contribution in [0, 0.1) is 0 Å². The zero-order valence-corrected chi connectivity index (χ0v) is 11.8. The number of fused-ring (bicyclic) bond motifs is 1. The van der Waals surface area contributed by atoms with E-state index < -0.39 is 0 Å². The zero-order chi connectivity index (χ0) is 13.9. The maximum atomic E-state index is 6.14. The van der Waals surface area contributed by atoms with Crippen LogP contribution >= 0.6 is 0 Å². The second kappa shape index (κ2) is 5.45. The van der Waals surface area contributed by atoms with E-state index in [1.165, 1.54) is 5.56 Å². The number of rotatable bonds is 3. The molecule has 0 radical (unpaired) electrons. The summed E-state index contributed by atoms with van der Waals surface area (Å²) in [5.41, 5.74) is 2.33. The summed E-state index contributed by atoms with van der Waals surface area (Å²) in [6, 6.07) is 14.2. The van der Waals surface area contributed by atoms with Gasteiger partial charge in [-0.25, -0.2) is 0 Å². The number of methoxy groups -OCH3 is 2. The number of hydrogen-bond acceptors (Lipinski definition) is 3. The first-order valence-electron chi connectivity index (χ1n) is 6.78. The molecule has 1 aliphatic rings. The Hall–Kier alpha value is -2.16. The Labute approximate surface area is 119 Å². The topological polar surface area (TPSA) is 27.7 Å². The van der Waals surface area contributed by atoms with Crippen LogP contribution in [0.3, 0.4) is 0 Å². The normalized spacial score (nSPS) is 17.0. The molecule has 2 aromatic carbocycles. The molecule has 0 N–H and O–H groups in total. The molecule has 1 unspecified atom stereocenters. The molecule has 2 aromatic rings. The Bertz CT molecular complexity index is 593. The predicted molar refractivity (Wildman–Crippen MR) is 77.7 cm³/mol. The van der Waals surface area contributed by atoms with Crippen LogP contribution in [0.15, 0.2) is 42.5 Å². The van der Waals surface area contributed by atoms with Crippen LogP contribution in [0.5, 0.6) is 17.2 Å². The maximum absolute atomic E-state index is 6.14. The van der Waals surface area contributed by atoms with Crippen molar-refractivity contribution in [1.82, 2.24) is 0 Å². The lowest BCUT2D eigenvalue weighted by molar-refractivity contribution is 0.173. The van der Waals surface area contributed by atoms with E-state index in [0.29, 0.717) is 0 Å². The van der Waals surface area contributed by atoms with Crippen molar-refractivity contribution in [3.05, 3.63) is 53.6 Å². The molecule has 0 amide bonds. The van der Waals surface area contributed by atoms with E-state index in [4.69, 9.17) is 14.2 Å². The molecule has 104 valence electrons. The second-order valence-corrected chi connectivity index (χ2v) is 4.86. The Kier molecular flexibility index (Phi) is 3.50. The highest BCUT2D eigenvalue weighted by atomic mass is 16.5. The molecule has 0 saturated heterocycles.